The van der Waals surface area contributed by atoms with E-state index < -0.39 is 5.91 Å². The molecule has 5 N–H and O–H groups in total. The zero-order chi connectivity index (χ0) is 22.2. The van der Waals surface area contributed by atoms with Gasteiger partial charge in [0.1, 0.15) is 18.0 Å². The topological polar surface area (TPSA) is 162 Å². The van der Waals surface area contributed by atoms with Gasteiger partial charge in [-0.25, -0.2) is 10.1 Å². The molecule has 0 atom stereocenters. The Morgan fingerprint density at radius 2 is 2.10 bits per heavy atom. The van der Waals surface area contributed by atoms with Gasteiger partial charge in [-0.05, 0) is 40.9 Å². The number of phenols is 1. The summed E-state index contributed by atoms with van der Waals surface area (Å²) in [7, 11) is 0. The van der Waals surface area contributed by atoms with Gasteiger partial charge < -0.3 is 15.7 Å². The second kappa shape index (κ2) is 10.3. The first-order valence-corrected chi connectivity index (χ1v) is 10.0. The van der Waals surface area contributed by atoms with E-state index in [-0.39, 0.29) is 23.1 Å². The third-order valence-electron chi connectivity index (χ3n) is 4.55. The second-order valence-electron chi connectivity index (χ2n) is 6.99. The fourth-order valence-corrected chi connectivity index (χ4v) is 3.21. The molecule has 0 saturated heterocycles. The Balaban J connectivity index is 1.87. The van der Waals surface area contributed by atoms with E-state index in [0.29, 0.717) is 17.8 Å². The molecule has 0 saturated carbocycles. The van der Waals surface area contributed by atoms with Crippen molar-refractivity contribution in [3.05, 3.63) is 41.2 Å². The Morgan fingerprint density at radius 3 is 2.74 bits per heavy atom. The van der Waals surface area contributed by atoms with Crippen LogP contribution in [0.3, 0.4) is 0 Å². The summed E-state index contributed by atoms with van der Waals surface area (Å²) in [6.45, 7) is 6.54. The highest BCUT2D eigenvalue weighted by atomic mass is 16.6. The lowest BCUT2D eigenvalue weighted by molar-refractivity contribution is -0.914. The number of rotatable bonds is 10. The summed E-state index contributed by atoms with van der Waals surface area (Å²) in [5, 5.41) is 28.9. The molecule has 12 nitrogen and oxygen atoms in total. The van der Waals surface area contributed by atoms with Crippen molar-refractivity contribution in [1.82, 2.24) is 30.7 Å². The van der Waals surface area contributed by atoms with Crippen molar-refractivity contribution in [3.8, 4) is 11.6 Å². The van der Waals surface area contributed by atoms with Crippen molar-refractivity contribution in [2.24, 2.45) is 5.10 Å². The van der Waals surface area contributed by atoms with Gasteiger partial charge in [-0.1, -0.05) is 31.2 Å². The number of nitrogen functional groups attached to an aromatic ring is 1. The largest absolute Gasteiger partial charge is 0.508 e. The standard InChI is InChI=1S/C19H25N9O3/c1-3-8-27(9-4-2)12-15-16(22-26-28(15)18-17(20)24-31-25-18)19(30)23-21-11-13-6-5-7-14(29)10-13/h5-7,10-11,29H,3-4,8-9,12H2,1-2H3,(H2,20,24)(H,23,30)/p+1. The summed E-state index contributed by atoms with van der Waals surface area (Å²) < 4.78 is 6.06. The van der Waals surface area contributed by atoms with Crippen molar-refractivity contribution in [3.63, 3.8) is 0 Å². The Labute approximate surface area is 178 Å². The van der Waals surface area contributed by atoms with Crippen molar-refractivity contribution >= 4 is 17.9 Å². The van der Waals surface area contributed by atoms with Gasteiger partial charge in [-0.15, -0.1) is 5.10 Å². The van der Waals surface area contributed by atoms with Crippen LogP contribution in [0, 0.1) is 0 Å². The number of hydrazone groups is 1. The van der Waals surface area contributed by atoms with Crippen LogP contribution in [0.1, 0.15) is 48.4 Å². The molecule has 0 fully saturated rings. The highest BCUT2D eigenvalue weighted by Crippen LogP contribution is 2.15. The number of aromatic nitrogens is 5. The average molecular weight is 428 g/mol. The van der Waals surface area contributed by atoms with Crippen LogP contribution < -0.4 is 16.1 Å². The van der Waals surface area contributed by atoms with E-state index in [2.05, 4.69) is 49.6 Å². The molecule has 0 aliphatic rings. The maximum atomic E-state index is 12.8. The highest BCUT2D eigenvalue weighted by Gasteiger charge is 2.26. The number of anilines is 1. The van der Waals surface area contributed by atoms with Gasteiger partial charge in [0.25, 0.3) is 5.91 Å². The molecule has 0 bridgehead atoms. The molecule has 1 amide bonds. The molecule has 0 aliphatic heterocycles. The van der Waals surface area contributed by atoms with E-state index in [9.17, 15) is 9.90 Å². The Kier molecular flexibility index (Phi) is 7.27. The first-order chi connectivity index (χ1) is 15.0. The summed E-state index contributed by atoms with van der Waals surface area (Å²) in [4.78, 5) is 14.1. The number of carbonyl (C=O) groups excluding carboxylic acids is 1. The molecule has 0 radical (unpaired) electrons. The summed E-state index contributed by atoms with van der Waals surface area (Å²) in [5.74, 6) is -0.195. The highest BCUT2D eigenvalue weighted by molar-refractivity contribution is 5.94. The van der Waals surface area contributed by atoms with Gasteiger partial charge in [0.05, 0.1) is 19.3 Å². The quantitative estimate of drug-likeness (QED) is 0.257. The first-order valence-electron chi connectivity index (χ1n) is 10.0. The van der Waals surface area contributed by atoms with Gasteiger partial charge in [0.15, 0.2) is 5.69 Å². The number of benzene rings is 1. The summed E-state index contributed by atoms with van der Waals surface area (Å²) in [6, 6.07) is 6.49. The minimum absolute atomic E-state index is 0.0487. The molecule has 3 aromatic rings. The van der Waals surface area contributed by atoms with Gasteiger partial charge in [-0.3, -0.25) is 4.79 Å². The van der Waals surface area contributed by atoms with E-state index in [0.717, 1.165) is 25.9 Å². The van der Waals surface area contributed by atoms with Crippen LogP contribution in [-0.4, -0.2) is 55.6 Å². The van der Waals surface area contributed by atoms with Crippen LogP contribution >= 0.6 is 0 Å². The number of aromatic hydroxyl groups is 1. The van der Waals surface area contributed by atoms with E-state index >= 15 is 0 Å². The molecular formula is C19H26N9O3+. The molecular weight excluding hydrogens is 402 g/mol. The normalized spacial score (nSPS) is 11.5. The zero-order valence-corrected chi connectivity index (χ0v) is 17.4. The molecule has 2 aromatic heterocycles. The third-order valence-corrected chi connectivity index (χ3v) is 4.55. The molecule has 3 rings (SSSR count). The maximum Gasteiger partial charge on any atom is 0.294 e. The SMILES string of the molecule is CCC[NH+](CCC)Cc1c(C(=O)NN=Cc2cccc(O)c2)nnn1-c1nonc1N. The smallest absolute Gasteiger partial charge is 0.294 e. The minimum Gasteiger partial charge on any atom is -0.508 e. The van der Waals surface area contributed by atoms with E-state index in [1.165, 1.54) is 21.9 Å². The van der Waals surface area contributed by atoms with Crippen LogP contribution in [0.2, 0.25) is 0 Å². The summed E-state index contributed by atoms with van der Waals surface area (Å²) >= 11 is 0. The number of carbonyl (C=O) groups is 1. The minimum atomic E-state index is -0.528. The number of quaternary nitrogens is 1. The Morgan fingerprint density at radius 1 is 1.32 bits per heavy atom. The number of amides is 1. The Hall–Kier alpha value is -3.80. The molecule has 0 spiro atoms. The lowest BCUT2D eigenvalue weighted by atomic mass is 10.2. The molecule has 31 heavy (non-hydrogen) atoms. The van der Waals surface area contributed by atoms with Crippen LogP contribution in [0.25, 0.3) is 5.82 Å². The number of hydrogen-bond acceptors (Lipinski definition) is 9. The van der Waals surface area contributed by atoms with E-state index in [1.807, 2.05) is 0 Å². The first kappa shape index (κ1) is 21.9. The Bertz CT molecular complexity index is 1040. The molecule has 1 aromatic carbocycles. The summed E-state index contributed by atoms with van der Waals surface area (Å²) in [5.41, 5.74) is 9.55. The van der Waals surface area contributed by atoms with Crippen molar-refractivity contribution < 1.29 is 19.4 Å². The number of phenolic OH excluding ortho intramolecular Hbond substituents is 1. The number of nitrogens with zero attached hydrogens (tertiary/aromatic N) is 6. The second-order valence-corrected chi connectivity index (χ2v) is 6.99. The zero-order valence-electron chi connectivity index (χ0n) is 17.4. The monoisotopic (exact) mass is 428 g/mol. The lowest BCUT2D eigenvalue weighted by Crippen LogP contribution is -3.10. The fraction of sp³-hybridized carbons (Fsp3) is 0.368. The maximum absolute atomic E-state index is 12.8. The predicted molar refractivity (Wildman–Crippen MR) is 112 cm³/mol. The number of nitrogens with one attached hydrogen (secondary N) is 2. The average Bonchev–Trinajstić information content (AvgIpc) is 3.34. The van der Waals surface area contributed by atoms with E-state index in [1.54, 1.807) is 18.2 Å². The number of hydrogen-bond donors (Lipinski definition) is 4. The van der Waals surface area contributed by atoms with Gasteiger partial charge in [0, 0.05) is 0 Å². The van der Waals surface area contributed by atoms with Gasteiger partial charge >= 0.3 is 0 Å². The predicted octanol–water partition coefficient (Wildman–Crippen LogP) is -0.0931. The van der Waals surface area contributed by atoms with Gasteiger partial charge in [-0.2, -0.15) is 9.78 Å². The molecule has 12 heteroatoms. The molecule has 164 valence electrons. The fourth-order valence-electron chi connectivity index (χ4n) is 3.21. The molecule has 2 heterocycles. The van der Waals surface area contributed by atoms with Crippen LogP contribution in [-0.2, 0) is 6.54 Å². The lowest BCUT2D eigenvalue weighted by Gasteiger charge is -2.18. The van der Waals surface area contributed by atoms with Crippen molar-refractivity contribution in [1.29, 1.82) is 0 Å². The van der Waals surface area contributed by atoms with Crippen LogP contribution in [0.15, 0.2) is 34.0 Å². The van der Waals surface area contributed by atoms with E-state index in [4.69, 9.17) is 5.73 Å². The van der Waals surface area contributed by atoms with Crippen LogP contribution in [0.4, 0.5) is 5.82 Å². The third kappa shape index (κ3) is 5.42. The summed E-state index contributed by atoms with van der Waals surface area (Å²) in [6.07, 6.45) is 3.40. The van der Waals surface area contributed by atoms with Crippen molar-refractivity contribution in [2.45, 2.75) is 33.2 Å². The molecule has 0 unspecified atom stereocenters. The van der Waals surface area contributed by atoms with Crippen molar-refractivity contribution in [2.75, 3.05) is 18.8 Å². The molecule has 0 aliphatic carbocycles. The number of nitrogens with two attached hydrogens (primary N) is 1. The van der Waals surface area contributed by atoms with Crippen LogP contribution in [0.5, 0.6) is 5.75 Å². The van der Waals surface area contributed by atoms with Gasteiger partial charge in [0.2, 0.25) is 11.6 Å².